The quantitative estimate of drug-likeness (QED) is 0.735. The van der Waals surface area contributed by atoms with Crippen molar-refractivity contribution in [2.45, 2.75) is 12.2 Å². The van der Waals surface area contributed by atoms with E-state index in [-0.39, 0.29) is 39.7 Å². The number of carbonyl (C=O) groups is 2. The molecular formula is C19H12O6. The Labute approximate surface area is 142 Å². The van der Waals surface area contributed by atoms with E-state index in [0.29, 0.717) is 17.1 Å². The van der Waals surface area contributed by atoms with Gasteiger partial charge in [-0.2, -0.15) is 0 Å². The molecule has 0 saturated heterocycles. The zero-order valence-electron chi connectivity index (χ0n) is 13.1. The molecule has 2 aliphatic heterocycles. The molecule has 25 heavy (non-hydrogen) atoms. The Hall–Kier alpha value is -3.28. The number of phenols is 1. The van der Waals surface area contributed by atoms with Crippen molar-refractivity contribution in [2.75, 3.05) is 7.11 Å². The van der Waals surface area contributed by atoms with E-state index in [1.807, 2.05) is 0 Å². The molecule has 0 aromatic heterocycles. The molecule has 2 aromatic carbocycles. The van der Waals surface area contributed by atoms with Gasteiger partial charge in [-0.25, -0.2) is 0 Å². The molecule has 0 bridgehead atoms. The van der Waals surface area contributed by atoms with Gasteiger partial charge in [0, 0.05) is 11.1 Å². The summed E-state index contributed by atoms with van der Waals surface area (Å²) >= 11 is 0. The highest BCUT2D eigenvalue weighted by Crippen LogP contribution is 2.51. The van der Waals surface area contributed by atoms with E-state index in [1.165, 1.54) is 19.4 Å². The zero-order chi connectivity index (χ0) is 17.3. The number of ether oxygens (including phenoxy) is 3. The second kappa shape index (κ2) is 4.63. The number of phenolic OH excluding ortho intramolecular Hbond substituents is 1. The first kappa shape index (κ1) is 14.1. The van der Waals surface area contributed by atoms with Crippen LogP contribution in [0.3, 0.4) is 0 Å². The van der Waals surface area contributed by atoms with Crippen LogP contribution in [0.2, 0.25) is 0 Å². The predicted octanol–water partition coefficient (Wildman–Crippen LogP) is 2.52. The van der Waals surface area contributed by atoms with Crippen LogP contribution in [0.5, 0.6) is 17.2 Å². The number of benzene rings is 2. The first-order valence-corrected chi connectivity index (χ1v) is 7.77. The highest BCUT2D eigenvalue weighted by atomic mass is 16.7. The van der Waals surface area contributed by atoms with Crippen LogP contribution < -0.4 is 9.47 Å². The molecule has 0 amide bonds. The summed E-state index contributed by atoms with van der Waals surface area (Å²) in [5.41, 5.74) is 1.02. The largest absolute Gasteiger partial charge is 0.507 e. The Morgan fingerprint density at radius 1 is 1.12 bits per heavy atom. The summed E-state index contributed by atoms with van der Waals surface area (Å²) in [5, 5.41) is 10.8. The Bertz CT molecular complexity index is 1000. The lowest BCUT2D eigenvalue weighted by atomic mass is 9.81. The lowest BCUT2D eigenvalue weighted by Crippen LogP contribution is -2.22. The summed E-state index contributed by atoms with van der Waals surface area (Å²) in [6.07, 6.45) is 2.68. The van der Waals surface area contributed by atoms with Gasteiger partial charge in [-0.3, -0.25) is 9.59 Å². The van der Waals surface area contributed by atoms with E-state index in [2.05, 4.69) is 0 Å². The second-order valence-corrected chi connectivity index (χ2v) is 6.08. The third kappa shape index (κ3) is 1.63. The highest BCUT2D eigenvalue weighted by Gasteiger charge is 2.44. The maximum Gasteiger partial charge on any atom is 0.250 e. The summed E-state index contributed by atoms with van der Waals surface area (Å²) in [6.45, 7) is 0. The van der Waals surface area contributed by atoms with Crippen LogP contribution in [0.15, 0.2) is 36.6 Å². The van der Waals surface area contributed by atoms with Crippen molar-refractivity contribution in [3.63, 3.8) is 0 Å². The molecule has 6 heteroatoms. The summed E-state index contributed by atoms with van der Waals surface area (Å²) in [7, 11) is 1.44. The van der Waals surface area contributed by atoms with Crippen LogP contribution in [0, 0.1) is 0 Å². The standard InChI is InChI=1S/C19H12O6/c1-23-11-4-2-3-8-13(11)17(21)15-10(16(8)20)7-12-14(18(15)22)9-5-6-24-19(9)25-12/h2-7,9,19,22H,1H3/t9-,19+/m0/s1. The minimum Gasteiger partial charge on any atom is -0.507 e. The fourth-order valence-corrected chi connectivity index (χ4v) is 3.72. The van der Waals surface area contributed by atoms with Crippen molar-refractivity contribution < 1.29 is 28.9 Å². The molecule has 0 fully saturated rings. The molecule has 1 aliphatic carbocycles. The molecule has 2 aromatic rings. The molecule has 124 valence electrons. The molecule has 1 N–H and O–H groups in total. The maximum atomic E-state index is 13.1. The first-order chi connectivity index (χ1) is 12.1. The first-order valence-electron chi connectivity index (χ1n) is 7.77. The van der Waals surface area contributed by atoms with E-state index >= 15 is 0 Å². The number of fused-ring (bicyclic) bond motifs is 5. The van der Waals surface area contributed by atoms with Gasteiger partial charge in [0.05, 0.1) is 36.0 Å². The van der Waals surface area contributed by atoms with Crippen LogP contribution in [0.25, 0.3) is 0 Å². The molecule has 0 saturated carbocycles. The topological polar surface area (TPSA) is 82.1 Å². The van der Waals surface area contributed by atoms with Crippen molar-refractivity contribution in [2.24, 2.45) is 0 Å². The summed E-state index contributed by atoms with van der Waals surface area (Å²) < 4.78 is 16.2. The van der Waals surface area contributed by atoms with E-state index < -0.39 is 12.1 Å². The minimum atomic E-state index is -0.577. The fraction of sp³-hybridized carbons (Fsp3) is 0.158. The Morgan fingerprint density at radius 2 is 1.96 bits per heavy atom. The van der Waals surface area contributed by atoms with Gasteiger partial charge >= 0.3 is 0 Å². The Morgan fingerprint density at radius 3 is 2.76 bits per heavy atom. The van der Waals surface area contributed by atoms with E-state index in [0.717, 1.165) is 0 Å². The van der Waals surface area contributed by atoms with Crippen molar-refractivity contribution >= 4 is 11.6 Å². The van der Waals surface area contributed by atoms with E-state index in [4.69, 9.17) is 14.2 Å². The molecule has 0 spiro atoms. The molecular weight excluding hydrogens is 324 g/mol. The van der Waals surface area contributed by atoms with Gasteiger partial charge < -0.3 is 19.3 Å². The van der Waals surface area contributed by atoms with Crippen LogP contribution in [0.4, 0.5) is 0 Å². The number of hydrogen-bond donors (Lipinski definition) is 1. The van der Waals surface area contributed by atoms with E-state index in [1.54, 1.807) is 24.3 Å². The van der Waals surface area contributed by atoms with Crippen molar-refractivity contribution in [3.8, 4) is 17.2 Å². The fourth-order valence-electron chi connectivity index (χ4n) is 3.72. The summed E-state index contributed by atoms with van der Waals surface area (Å²) in [5.74, 6) is -0.651. The minimum absolute atomic E-state index is 0.00898. The monoisotopic (exact) mass is 336 g/mol. The van der Waals surface area contributed by atoms with E-state index in [9.17, 15) is 14.7 Å². The van der Waals surface area contributed by atoms with Gasteiger partial charge in [-0.15, -0.1) is 0 Å². The average Bonchev–Trinajstić information content (AvgIpc) is 3.19. The molecule has 2 atom stereocenters. The SMILES string of the molecule is COc1cccc2c1C(=O)c1c(cc3c(c1O)[C@@H]1C=CO[C@@H]1O3)C2=O. The third-order valence-electron chi connectivity index (χ3n) is 4.86. The van der Waals surface area contributed by atoms with Gasteiger partial charge in [0.1, 0.15) is 17.2 Å². The number of aromatic hydroxyl groups is 1. The Balaban J connectivity index is 1.79. The lowest BCUT2D eigenvalue weighted by Gasteiger charge is -2.21. The zero-order valence-corrected chi connectivity index (χ0v) is 13.1. The van der Waals surface area contributed by atoms with Crippen molar-refractivity contribution in [1.29, 1.82) is 0 Å². The van der Waals surface area contributed by atoms with Gasteiger partial charge in [0.25, 0.3) is 6.29 Å². The molecule has 2 heterocycles. The number of rotatable bonds is 1. The maximum absolute atomic E-state index is 13.1. The normalized spacial score (nSPS) is 21.8. The van der Waals surface area contributed by atoms with Crippen LogP contribution in [0.1, 0.15) is 43.3 Å². The smallest absolute Gasteiger partial charge is 0.250 e. The molecule has 3 aliphatic rings. The number of hydrogen-bond acceptors (Lipinski definition) is 6. The van der Waals surface area contributed by atoms with Gasteiger partial charge in [0.2, 0.25) is 5.78 Å². The van der Waals surface area contributed by atoms with Crippen molar-refractivity contribution in [1.82, 2.24) is 0 Å². The average molecular weight is 336 g/mol. The van der Waals surface area contributed by atoms with Gasteiger partial charge in [0.15, 0.2) is 5.78 Å². The lowest BCUT2D eigenvalue weighted by molar-refractivity contribution is -0.00487. The van der Waals surface area contributed by atoms with Gasteiger partial charge in [-0.1, -0.05) is 12.1 Å². The second-order valence-electron chi connectivity index (χ2n) is 6.08. The van der Waals surface area contributed by atoms with Crippen LogP contribution in [-0.2, 0) is 4.74 Å². The summed E-state index contributed by atoms with van der Waals surface area (Å²) in [6, 6.07) is 6.36. The molecule has 6 nitrogen and oxygen atoms in total. The molecule has 0 radical (unpaired) electrons. The number of ketones is 2. The highest BCUT2D eigenvalue weighted by molar-refractivity contribution is 6.30. The number of carbonyl (C=O) groups excluding carboxylic acids is 2. The molecule has 5 rings (SSSR count). The van der Waals surface area contributed by atoms with Crippen molar-refractivity contribution in [3.05, 3.63) is 64.4 Å². The Kier molecular flexibility index (Phi) is 2.61. The molecule has 0 unspecified atom stereocenters. The predicted molar refractivity (Wildman–Crippen MR) is 85.3 cm³/mol. The summed E-state index contributed by atoms with van der Waals surface area (Å²) in [4.78, 5) is 26.0. The number of methoxy groups -OCH3 is 1. The third-order valence-corrected chi connectivity index (χ3v) is 4.86. The van der Waals surface area contributed by atoms with Gasteiger partial charge in [-0.05, 0) is 18.2 Å². The van der Waals surface area contributed by atoms with Crippen LogP contribution in [-0.4, -0.2) is 30.1 Å². The van der Waals surface area contributed by atoms with Crippen LogP contribution >= 0.6 is 0 Å².